The average Bonchev–Trinajstić information content (AvgIpc) is 2.08. The summed E-state index contributed by atoms with van der Waals surface area (Å²) >= 11 is 0. The van der Waals surface area contributed by atoms with E-state index in [9.17, 15) is 4.79 Å². The Hall–Kier alpha value is -1.38. The Balaban J connectivity index is 3.01. The van der Waals surface area contributed by atoms with Crippen molar-refractivity contribution in [1.29, 1.82) is 0 Å². The molecule has 0 fully saturated rings. The third-order valence-corrected chi connectivity index (χ3v) is 2.10. The molecule has 0 bridgehead atoms. The molecular weight excluding hydrogens is 166 g/mol. The molecule has 1 aromatic rings. The van der Waals surface area contributed by atoms with E-state index in [1.165, 1.54) is 0 Å². The highest BCUT2D eigenvalue weighted by atomic mass is 16.4. The lowest BCUT2D eigenvalue weighted by atomic mass is 10.0. The lowest BCUT2D eigenvalue weighted by Crippen LogP contribution is -2.04. The number of nitrogens with zero attached hydrogens (tertiary/aromatic N) is 1. The molecule has 0 saturated carbocycles. The maximum atomic E-state index is 10.5. The van der Waals surface area contributed by atoms with Gasteiger partial charge in [0, 0.05) is 11.9 Å². The lowest BCUT2D eigenvalue weighted by Gasteiger charge is -2.06. The molecule has 1 rings (SSSR count). The second-order valence-electron chi connectivity index (χ2n) is 2.97. The van der Waals surface area contributed by atoms with E-state index in [2.05, 4.69) is 4.98 Å². The second kappa shape index (κ2) is 4.03. The Labute approximate surface area is 77.4 Å². The molecule has 3 nitrogen and oxygen atoms in total. The summed E-state index contributed by atoms with van der Waals surface area (Å²) in [6.45, 7) is 3.93. The molecule has 70 valence electrons. The highest BCUT2D eigenvalue weighted by molar-refractivity contribution is 5.70. The summed E-state index contributed by atoms with van der Waals surface area (Å²) in [5.41, 5.74) is 2.85. The van der Waals surface area contributed by atoms with Gasteiger partial charge in [-0.3, -0.25) is 9.78 Å². The molecule has 0 aliphatic heterocycles. The van der Waals surface area contributed by atoms with Gasteiger partial charge in [-0.1, -0.05) is 6.92 Å². The number of hydrogen-bond donors (Lipinski definition) is 1. The smallest absolute Gasteiger partial charge is 0.307 e. The van der Waals surface area contributed by atoms with Crippen molar-refractivity contribution in [2.45, 2.75) is 26.7 Å². The molecule has 3 heteroatoms. The minimum absolute atomic E-state index is 0.0847. The highest BCUT2D eigenvalue weighted by Crippen LogP contribution is 2.12. The molecule has 13 heavy (non-hydrogen) atoms. The fourth-order valence-electron chi connectivity index (χ4n) is 1.34. The van der Waals surface area contributed by atoms with Crippen LogP contribution in [0.4, 0.5) is 0 Å². The quantitative estimate of drug-likeness (QED) is 0.766. The van der Waals surface area contributed by atoms with Crippen molar-refractivity contribution >= 4 is 5.97 Å². The third kappa shape index (κ3) is 2.28. The van der Waals surface area contributed by atoms with E-state index >= 15 is 0 Å². The summed E-state index contributed by atoms with van der Waals surface area (Å²) in [6.07, 6.45) is 2.60. The molecule has 1 N–H and O–H groups in total. The van der Waals surface area contributed by atoms with Gasteiger partial charge < -0.3 is 5.11 Å². The Kier molecular flexibility index (Phi) is 3.01. The summed E-state index contributed by atoms with van der Waals surface area (Å²) in [7, 11) is 0. The number of aryl methyl sites for hydroxylation is 1. The first kappa shape index (κ1) is 9.71. The summed E-state index contributed by atoms with van der Waals surface area (Å²) in [5, 5.41) is 8.63. The lowest BCUT2D eigenvalue weighted by molar-refractivity contribution is -0.136. The number of rotatable bonds is 3. The number of carboxylic acid groups (broad SMARTS) is 1. The van der Waals surface area contributed by atoms with E-state index in [-0.39, 0.29) is 6.42 Å². The van der Waals surface area contributed by atoms with Crippen LogP contribution >= 0.6 is 0 Å². The molecular formula is C10H13NO2. The zero-order valence-electron chi connectivity index (χ0n) is 7.87. The van der Waals surface area contributed by atoms with Crippen LogP contribution in [0, 0.1) is 6.92 Å². The summed E-state index contributed by atoms with van der Waals surface area (Å²) in [5.74, 6) is -0.795. The van der Waals surface area contributed by atoms with Crippen LogP contribution in [0.3, 0.4) is 0 Å². The van der Waals surface area contributed by atoms with Gasteiger partial charge in [0.2, 0.25) is 0 Å². The van der Waals surface area contributed by atoms with Crippen molar-refractivity contribution in [1.82, 2.24) is 4.98 Å². The van der Waals surface area contributed by atoms with Gasteiger partial charge in [-0.2, -0.15) is 0 Å². The van der Waals surface area contributed by atoms with Crippen molar-refractivity contribution in [3.8, 4) is 0 Å². The first-order chi connectivity index (χ1) is 6.15. The topological polar surface area (TPSA) is 50.2 Å². The predicted molar refractivity (Wildman–Crippen MR) is 49.7 cm³/mol. The minimum Gasteiger partial charge on any atom is -0.481 e. The van der Waals surface area contributed by atoms with Crippen LogP contribution in [0.1, 0.15) is 23.7 Å². The molecule has 0 spiro atoms. The highest BCUT2D eigenvalue weighted by Gasteiger charge is 2.06. The van der Waals surface area contributed by atoms with Gasteiger partial charge in [0.15, 0.2) is 0 Å². The van der Waals surface area contributed by atoms with Gasteiger partial charge >= 0.3 is 5.97 Å². The van der Waals surface area contributed by atoms with Crippen LogP contribution in [-0.4, -0.2) is 16.1 Å². The number of carbonyl (C=O) groups is 1. The van der Waals surface area contributed by atoms with Crippen LogP contribution in [0.5, 0.6) is 0 Å². The SMILES string of the molecule is CCc1nccc(CC(=O)O)c1C. The van der Waals surface area contributed by atoms with E-state index in [0.717, 1.165) is 23.2 Å². The second-order valence-corrected chi connectivity index (χ2v) is 2.97. The monoisotopic (exact) mass is 179 g/mol. The van der Waals surface area contributed by atoms with Crippen molar-refractivity contribution in [2.24, 2.45) is 0 Å². The van der Waals surface area contributed by atoms with Crippen molar-refractivity contribution < 1.29 is 9.90 Å². The van der Waals surface area contributed by atoms with E-state index in [4.69, 9.17) is 5.11 Å². The molecule has 1 aromatic heterocycles. The predicted octanol–water partition coefficient (Wildman–Crippen LogP) is 1.58. The van der Waals surface area contributed by atoms with Crippen LogP contribution in [-0.2, 0) is 17.6 Å². The van der Waals surface area contributed by atoms with E-state index in [1.54, 1.807) is 12.3 Å². The van der Waals surface area contributed by atoms with Crippen LogP contribution < -0.4 is 0 Å². The number of pyridine rings is 1. The van der Waals surface area contributed by atoms with Crippen LogP contribution in [0.2, 0.25) is 0 Å². The summed E-state index contributed by atoms with van der Waals surface area (Å²) in [6, 6.07) is 1.77. The van der Waals surface area contributed by atoms with Crippen molar-refractivity contribution in [2.75, 3.05) is 0 Å². The molecule has 0 radical (unpaired) electrons. The molecule has 0 atom stereocenters. The van der Waals surface area contributed by atoms with Gasteiger partial charge in [-0.05, 0) is 30.5 Å². The first-order valence-electron chi connectivity index (χ1n) is 4.30. The first-order valence-corrected chi connectivity index (χ1v) is 4.30. The Morgan fingerprint density at radius 1 is 1.62 bits per heavy atom. The zero-order valence-corrected chi connectivity index (χ0v) is 7.87. The van der Waals surface area contributed by atoms with Crippen molar-refractivity contribution in [3.05, 3.63) is 29.1 Å². The van der Waals surface area contributed by atoms with E-state index in [0.29, 0.717) is 0 Å². The van der Waals surface area contributed by atoms with Crippen LogP contribution in [0.15, 0.2) is 12.3 Å². The molecule has 0 saturated heterocycles. The number of aliphatic carboxylic acids is 1. The Morgan fingerprint density at radius 2 is 2.31 bits per heavy atom. The molecule has 0 amide bonds. The third-order valence-electron chi connectivity index (χ3n) is 2.10. The fourth-order valence-corrected chi connectivity index (χ4v) is 1.34. The fraction of sp³-hybridized carbons (Fsp3) is 0.400. The number of carboxylic acids is 1. The molecule has 0 aromatic carbocycles. The van der Waals surface area contributed by atoms with E-state index in [1.807, 2.05) is 13.8 Å². The summed E-state index contributed by atoms with van der Waals surface area (Å²) in [4.78, 5) is 14.7. The van der Waals surface area contributed by atoms with Gasteiger partial charge in [-0.15, -0.1) is 0 Å². The Bertz CT molecular complexity index is 321. The number of hydrogen-bond acceptors (Lipinski definition) is 2. The van der Waals surface area contributed by atoms with Crippen molar-refractivity contribution in [3.63, 3.8) is 0 Å². The van der Waals surface area contributed by atoms with Gasteiger partial charge in [-0.25, -0.2) is 0 Å². The van der Waals surface area contributed by atoms with Gasteiger partial charge in [0.25, 0.3) is 0 Å². The van der Waals surface area contributed by atoms with Gasteiger partial charge in [0.1, 0.15) is 0 Å². The largest absolute Gasteiger partial charge is 0.481 e. The molecule has 0 unspecified atom stereocenters. The maximum Gasteiger partial charge on any atom is 0.307 e. The normalized spacial score (nSPS) is 10.0. The minimum atomic E-state index is -0.795. The Morgan fingerprint density at radius 3 is 2.85 bits per heavy atom. The van der Waals surface area contributed by atoms with Gasteiger partial charge in [0.05, 0.1) is 6.42 Å². The molecule has 0 aliphatic rings. The number of aromatic nitrogens is 1. The standard InChI is InChI=1S/C10H13NO2/c1-3-9-7(2)8(4-5-11-9)6-10(12)13/h4-5H,3,6H2,1-2H3,(H,12,13). The average molecular weight is 179 g/mol. The molecule has 1 heterocycles. The van der Waals surface area contributed by atoms with E-state index < -0.39 is 5.97 Å². The summed E-state index contributed by atoms with van der Waals surface area (Å²) < 4.78 is 0. The maximum absolute atomic E-state index is 10.5. The van der Waals surface area contributed by atoms with Crippen LogP contribution in [0.25, 0.3) is 0 Å². The molecule has 0 aliphatic carbocycles. The zero-order chi connectivity index (χ0) is 9.84.